The summed E-state index contributed by atoms with van der Waals surface area (Å²) >= 11 is 0. The van der Waals surface area contributed by atoms with Crippen LogP contribution in [-0.4, -0.2) is 15.6 Å². The zero-order valence-corrected chi connectivity index (χ0v) is 10.6. The molecule has 0 spiro atoms. The van der Waals surface area contributed by atoms with Gasteiger partial charge in [-0.2, -0.15) is 5.10 Å². The predicted molar refractivity (Wildman–Crippen MR) is 65.7 cm³/mol. The van der Waals surface area contributed by atoms with Gasteiger partial charge in [0, 0.05) is 24.6 Å². The number of aromatic nitrogens is 2. The monoisotopic (exact) mass is 232 g/mol. The molecule has 1 aromatic rings. The second-order valence-corrected chi connectivity index (χ2v) is 5.66. The normalized spacial score (nSPS) is 30.4. The highest BCUT2D eigenvalue weighted by Crippen LogP contribution is 2.54. The molecular weight excluding hydrogens is 212 g/mol. The van der Waals surface area contributed by atoms with Crippen LogP contribution in [0.4, 0.5) is 0 Å². The van der Waals surface area contributed by atoms with E-state index in [2.05, 4.69) is 18.1 Å². The zero-order chi connectivity index (χ0) is 12.0. The van der Waals surface area contributed by atoms with E-state index < -0.39 is 0 Å². The number of hydrogen-bond donors (Lipinski definition) is 0. The van der Waals surface area contributed by atoms with Gasteiger partial charge in [-0.25, -0.2) is 0 Å². The first-order valence-corrected chi connectivity index (χ1v) is 6.73. The number of nitrogens with zero attached hydrogens (tertiary/aromatic N) is 2. The Kier molecular flexibility index (Phi) is 2.57. The lowest BCUT2D eigenvalue weighted by atomic mass is 9.95. The van der Waals surface area contributed by atoms with Gasteiger partial charge >= 0.3 is 0 Å². The highest BCUT2D eigenvalue weighted by Gasteiger charge is 2.47. The van der Waals surface area contributed by atoms with Crippen molar-refractivity contribution < 1.29 is 4.79 Å². The highest BCUT2D eigenvalue weighted by molar-refractivity contribution is 5.83. The Morgan fingerprint density at radius 2 is 2.12 bits per heavy atom. The van der Waals surface area contributed by atoms with Gasteiger partial charge in [-0.15, -0.1) is 0 Å². The summed E-state index contributed by atoms with van der Waals surface area (Å²) in [5.74, 6) is 2.56. The summed E-state index contributed by atoms with van der Waals surface area (Å²) in [6.07, 6.45) is 4.28. The quantitative estimate of drug-likeness (QED) is 0.798. The molecule has 0 radical (unpaired) electrons. The van der Waals surface area contributed by atoms with E-state index in [0.717, 1.165) is 42.6 Å². The van der Waals surface area contributed by atoms with E-state index in [4.69, 9.17) is 0 Å². The van der Waals surface area contributed by atoms with Crippen molar-refractivity contribution in [1.29, 1.82) is 0 Å². The summed E-state index contributed by atoms with van der Waals surface area (Å²) in [6.45, 7) is 4.92. The Balaban J connectivity index is 1.67. The number of carbonyl (C=O) groups excluding carboxylic acids is 1. The first kappa shape index (κ1) is 11.0. The number of rotatable bonds is 4. The van der Waals surface area contributed by atoms with Gasteiger partial charge < -0.3 is 0 Å². The number of carbonyl (C=O) groups is 1. The Morgan fingerprint density at radius 3 is 2.76 bits per heavy atom. The van der Waals surface area contributed by atoms with Crippen LogP contribution >= 0.6 is 0 Å². The molecular formula is C14H20N2O. The van der Waals surface area contributed by atoms with Crippen molar-refractivity contribution in [2.75, 3.05) is 0 Å². The van der Waals surface area contributed by atoms with E-state index >= 15 is 0 Å². The third-order valence-electron chi connectivity index (χ3n) is 4.34. The van der Waals surface area contributed by atoms with Gasteiger partial charge in [0.25, 0.3) is 0 Å². The lowest BCUT2D eigenvalue weighted by molar-refractivity contribution is -0.122. The topological polar surface area (TPSA) is 34.9 Å². The number of ketones is 1. The van der Waals surface area contributed by atoms with Crippen molar-refractivity contribution in [3.05, 3.63) is 17.5 Å². The van der Waals surface area contributed by atoms with Crippen molar-refractivity contribution in [3.63, 3.8) is 0 Å². The fraction of sp³-hybridized carbons (Fsp3) is 0.714. The molecule has 0 amide bonds. The third-order valence-corrected chi connectivity index (χ3v) is 4.34. The number of hydrogen-bond acceptors (Lipinski definition) is 2. The summed E-state index contributed by atoms with van der Waals surface area (Å²) in [6, 6.07) is 2.05. The van der Waals surface area contributed by atoms with E-state index in [1.165, 1.54) is 6.42 Å². The summed E-state index contributed by atoms with van der Waals surface area (Å²) in [5, 5.41) is 4.40. The van der Waals surface area contributed by atoms with Gasteiger partial charge in [-0.05, 0) is 51.0 Å². The molecule has 1 aromatic heterocycles. The molecule has 0 saturated heterocycles. The summed E-state index contributed by atoms with van der Waals surface area (Å²) in [4.78, 5) is 12.2. The van der Waals surface area contributed by atoms with Crippen molar-refractivity contribution in [3.8, 4) is 0 Å². The molecule has 2 unspecified atom stereocenters. The third kappa shape index (κ3) is 2.03. The maximum absolute atomic E-state index is 12.2. The molecule has 0 bridgehead atoms. The first-order valence-electron chi connectivity index (χ1n) is 6.73. The standard InChI is InChI=1S/C14H20N2O/c1-3-16-13(4-9(2)15-16)8-14(17)12-6-10-5-11(10)7-12/h4,10-12H,3,5-8H2,1-2H3. The molecule has 0 aromatic carbocycles. The number of aryl methyl sites for hydroxylation is 2. The lowest BCUT2D eigenvalue weighted by Crippen LogP contribution is -2.17. The Hall–Kier alpha value is -1.12. The molecule has 0 aliphatic heterocycles. The van der Waals surface area contributed by atoms with E-state index in [1.54, 1.807) is 0 Å². The number of fused-ring (bicyclic) bond motifs is 1. The van der Waals surface area contributed by atoms with Crippen LogP contribution in [0.5, 0.6) is 0 Å². The minimum Gasteiger partial charge on any atom is -0.299 e. The van der Waals surface area contributed by atoms with E-state index in [-0.39, 0.29) is 0 Å². The maximum atomic E-state index is 12.2. The van der Waals surface area contributed by atoms with Crippen molar-refractivity contribution >= 4 is 5.78 Å². The largest absolute Gasteiger partial charge is 0.299 e. The first-order chi connectivity index (χ1) is 8.17. The fourth-order valence-corrected chi connectivity index (χ4v) is 3.32. The Morgan fingerprint density at radius 1 is 1.41 bits per heavy atom. The SMILES string of the molecule is CCn1nc(C)cc1CC(=O)C1CC2CC2C1. The lowest BCUT2D eigenvalue weighted by Gasteiger charge is -2.10. The molecule has 3 nitrogen and oxygen atoms in total. The zero-order valence-electron chi connectivity index (χ0n) is 10.6. The van der Waals surface area contributed by atoms with E-state index in [1.807, 2.05) is 11.6 Å². The minimum atomic E-state index is 0.347. The second-order valence-electron chi connectivity index (χ2n) is 5.66. The van der Waals surface area contributed by atoms with Crippen molar-refractivity contribution in [2.45, 2.75) is 46.1 Å². The van der Waals surface area contributed by atoms with E-state index in [0.29, 0.717) is 18.1 Å². The van der Waals surface area contributed by atoms with Crippen LogP contribution in [0.15, 0.2) is 6.07 Å². The molecule has 2 saturated carbocycles. The molecule has 2 aliphatic carbocycles. The van der Waals surface area contributed by atoms with Crippen LogP contribution in [0, 0.1) is 24.7 Å². The maximum Gasteiger partial charge on any atom is 0.141 e. The average Bonchev–Trinajstić information content (AvgIpc) is 2.75. The van der Waals surface area contributed by atoms with Gasteiger partial charge in [-0.3, -0.25) is 9.48 Å². The van der Waals surface area contributed by atoms with Crippen LogP contribution in [0.1, 0.15) is 37.6 Å². The van der Waals surface area contributed by atoms with E-state index in [9.17, 15) is 4.79 Å². The molecule has 1 heterocycles. The molecule has 2 fully saturated rings. The van der Waals surface area contributed by atoms with Crippen LogP contribution in [0.3, 0.4) is 0 Å². The Labute approximate surface area is 102 Å². The molecule has 3 rings (SSSR count). The molecule has 92 valence electrons. The summed E-state index contributed by atoms with van der Waals surface area (Å²) in [7, 11) is 0. The summed E-state index contributed by atoms with van der Waals surface area (Å²) in [5.41, 5.74) is 2.11. The minimum absolute atomic E-state index is 0.347. The molecule has 0 N–H and O–H groups in total. The molecule has 17 heavy (non-hydrogen) atoms. The second kappa shape index (κ2) is 3.97. The predicted octanol–water partition coefficient (Wildman–Crippen LogP) is 2.37. The van der Waals surface area contributed by atoms with Crippen molar-refractivity contribution in [1.82, 2.24) is 9.78 Å². The van der Waals surface area contributed by atoms with Gasteiger partial charge in [0.1, 0.15) is 5.78 Å². The highest BCUT2D eigenvalue weighted by atomic mass is 16.1. The molecule has 3 heteroatoms. The van der Waals surface area contributed by atoms with Gasteiger partial charge in [0.2, 0.25) is 0 Å². The summed E-state index contributed by atoms with van der Waals surface area (Å²) < 4.78 is 1.96. The van der Waals surface area contributed by atoms with Gasteiger partial charge in [0.05, 0.1) is 5.69 Å². The fourth-order valence-electron chi connectivity index (χ4n) is 3.32. The van der Waals surface area contributed by atoms with Crippen LogP contribution in [0.2, 0.25) is 0 Å². The van der Waals surface area contributed by atoms with Crippen molar-refractivity contribution in [2.24, 2.45) is 17.8 Å². The molecule has 2 aliphatic rings. The van der Waals surface area contributed by atoms with Gasteiger partial charge in [-0.1, -0.05) is 0 Å². The van der Waals surface area contributed by atoms with Crippen LogP contribution in [-0.2, 0) is 17.8 Å². The van der Waals surface area contributed by atoms with Crippen LogP contribution in [0.25, 0.3) is 0 Å². The smallest absolute Gasteiger partial charge is 0.141 e. The Bertz CT molecular complexity index is 439. The number of Topliss-reactive ketones (excluding diaryl/α,β-unsaturated/α-hetero) is 1. The molecule has 2 atom stereocenters. The van der Waals surface area contributed by atoms with Gasteiger partial charge in [0.15, 0.2) is 0 Å². The van der Waals surface area contributed by atoms with Crippen LogP contribution < -0.4 is 0 Å². The average molecular weight is 232 g/mol.